The molecule has 1 fully saturated rings. The Bertz CT molecular complexity index is 384. The summed E-state index contributed by atoms with van der Waals surface area (Å²) >= 11 is 17.1. The van der Waals surface area contributed by atoms with Crippen molar-refractivity contribution in [1.29, 1.82) is 5.41 Å². The lowest BCUT2D eigenvalue weighted by molar-refractivity contribution is -0.180. The van der Waals surface area contributed by atoms with Crippen LogP contribution in [-0.2, 0) is 14.3 Å². The third-order valence-corrected chi connectivity index (χ3v) is 4.91. The summed E-state index contributed by atoms with van der Waals surface area (Å²) < 4.78 is 8.84. The maximum Gasteiger partial charge on any atom is 0.335 e. The molecule has 1 aliphatic heterocycles. The van der Waals surface area contributed by atoms with Crippen molar-refractivity contribution in [2.75, 3.05) is 7.11 Å². The van der Waals surface area contributed by atoms with E-state index in [1.807, 2.05) is 13.8 Å². The molecule has 0 bridgehead atoms. The van der Waals surface area contributed by atoms with Crippen molar-refractivity contribution < 1.29 is 14.3 Å². The molecule has 0 aromatic rings. The molecule has 0 spiro atoms. The van der Waals surface area contributed by atoms with Crippen molar-refractivity contribution in [2.24, 2.45) is 17.8 Å². The van der Waals surface area contributed by atoms with Crippen molar-refractivity contribution in [2.45, 2.75) is 43.2 Å². The van der Waals surface area contributed by atoms with Gasteiger partial charge < -0.3 is 14.9 Å². The molecule has 0 saturated carbocycles. The van der Waals surface area contributed by atoms with E-state index >= 15 is 0 Å². The fourth-order valence-electron chi connectivity index (χ4n) is 2.47. The van der Waals surface area contributed by atoms with Gasteiger partial charge in [0.2, 0.25) is 3.79 Å². The zero-order valence-electron chi connectivity index (χ0n) is 12.0. The van der Waals surface area contributed by atoms with E-state index in [1.54, 1.807) is 0 Å². The number of ether oxygens (including phenoxy) is 2. The Labute approximate surface area is 134 Å². The van der Waals surface area contributed by atoms with E-state index < -0.39 is 15.9 Å². The lowest BCUT2D eigenvalue weighted by Crippen LogP contribution is -2.49. The molecular formula is C13H20Cl3NO3. The van der Waals surface area contributed by atoms with Crippen LogP contribution in [0.25, 0.3) is 0 Å². The van der Waals surface area contributed by atoms with Gasteiger partial charge in [-0.25, -0.2) is 4.79 Å². The quantitative estimate of drug-likeness (QED) is 0.483. The average molecular weight is 345 g/mol. The first-order chi connectivity index (χ1) is 9.09. The third kappa shape index (κ3) is 4.00. The van der Waals surface area contributed by atoms with Gasteiger partial charge in [0.15, 0.2) is 6.10 Å². The molecule has 1 heterocycles. The molecule has 0 aromatic heterocycles. The maximum atomic E-state index is 11.8. The predicted molar refractivity (Wildman–Crippen MR) is 80.8 cm³/mol. The number of halogens is 3. The van der Waals surface area contributed by atoms with Crippen LogP contribution >= 0.6 is 34.8 Å². The minimum Gasteiger partial charge on any atom is -0.467 e. The second-order valence-corrected chi connectivity index (χ2v) is 7.66. The van der Waals surface area contributed by atoms with Crippen LogP contribution < -0.4 is 0 Å². The van der Waals surface area contributed by atoms with Gasteiger partial charge in [-0.15, -0.1) is 0 Å². The van der Waals surface area contributed by atoms with Gasteiger partial charge >= 0.3 is 5.97 Å². The van der Waals surface area contributed by atoms with Gasteiger partial charge in [0.25, 0.3) is 0 Å². The van der Waals surface area contributed by atoms with Crippen molar-refractivity contribution in [3.05, 3.63) is 0 Å². The third-order valence-electron chi connectivity index (χ3n) is 4.23. The SMILES string of the molecule is COC(=O)C1O[C@H](CC(=N)C(Cl)(Cl)Cl)C(C)[C@@H](C)[C@@H]1C. The molecule has 0 radical (unpaired) electrons. The van der Waals surface area contributed by atoms with Gasteiger partial charge in [-0.05, 0) is 17.8 Å². The van der Waals surface area contributed by atoms with E-state index in [4.69, 9.17) is 49.7 Å². The zero-order valence-corrected chi connectivity index (χ0v) is 14.2. The monoisotopic (exact) mass is 343 g/mol. The van der Waals surface area contributed by atoms with E-state index in [2.05, 4.69) is 6.92 Å². The van der Waals surface area contributed by atoms with Gasteiger partial charge in [0.05, 0.1) is 18.9 Å². The van der Waals surface area contributed by atoms with Gasteiger partial charge in [0, 0.05) is 6.42 Å². The lowest BCUT2D eigenvalue weighted by atomic mass is 9.75. The number of hydrogen-bond donors (Lipinski definition) is 1. The van der Waals surface area contributed by atoms with Gasteiger partial charge in [-0.3, -0.25) is 0 Å². The summed E-state index contributed by atoms with van der Waals surface area (Å²) in [6.45, 7) is 6.03. The number of carbonyl (C=O) groups is 1. The normalized spacial score (nSPS) is 34.6. The first-order valence-corrected chi connectivity index (χ1v) is 7.60. The average Bonchev–Trinajstić information content (AvgIpc) is 2.37. The molecule has 7 heteroatoms. The zero-order chi connectivity index (χ0) is 15.7. The Kier molecular flexibility index (Phi) is 6.14. The molecular weight excluding hydrogens is 325 g/mol. The standard InChI is InChI=1S/C13H20Cl3NO3/c1-6-7(2)9(5-10(17)13(14,15)16)20-11(8(6)3)12(18)19-4/h6-9,11,17H,5H2,1-4H3/t6-,7?,8+,9-,11?/m1/s1. The highest BCUT2D eigenvalue weighted by atomic mass is 35.6. The summed E-state index contributed by atoms with van der Waals surface area (Å²) in [5, 5.41) is 7.81. The molecule has 0 aromatic carbocycles. The largest absolute Gasteiger partial charge is 0.467 e. The summed E-state index contributed by atoms with van der Waals surface area (Å²) in [7, 11) is 1.33. The number of methoxy groups -OCH3 is 1. The Morgan fingerprint density at radius 1 is 1.20 bits per heavy atom. The molecule has 1 aliphatic rings. The minimum absolute atomic E-state index is 0.0373. The highest BCUT2D eigenvalue weighted by molar-refractivity contribution is 6.76. The van der Waals surface area contributed by atoms with E-state index in [-0.39, 0.29) is 36.0 Å². The predicted octanol–water partition coefficient (Wildman–Crippen LogP) is 3.62. The molecule has 4 nitrogen and oxygen atoms in total. The Hall–Kier alpha value is -0.0300. The fraction of sp³-hybridized carbons (Fsp3) is 0.846. The van der Waals surface area contributed by atoms with Gasteiger partial charge in [0.1, 0.15) is 0 Å². The second kappa shape index (κ2) is 6.82. The van der Waals surface area contributed by atoms with Crippen LogP contribution in [0.5, 0.6) is 0 Å². The van der Waals surface area contributed by atoms with E-state index in [0.29, 0.717) is 0 Å². The number of carbonyl (C=O) groups excluding carboxylic acids is 1. The smallest absolute Gasteiger partial charge is 0.335 e. The molecule has 20 heavy (non-hydrogen) atoms. The molecule has 0 amide bonds. The Balaban J connectivity index is 2.86. The summed E-state index contributed by atoms with van der Waals surface area (Å²) in [4.78, 5) is 11.8. The number of hydrogen-bond acceptors (Lipinski definition) is 4. The number of esters is 1. The minimum atomic E-state index is -1.74. The molecule has 5 atom stereocenters. The molecule has 0 aliphatic carbocycles. The van der Waals surface area contributed by atoms with E-state index in [9.17, 15) is 4.79 Å². The summed E-state index contributed by atoms with van der Waals surface area (Å²) in [5.74, 6) is 0.0249. The fourth-order valence-corrected chi connectivity index (χ4v) is 2.70. The number of nitrogens with one attached hydrogen (secondary N) is 1. The lowest BCUT2D eigenvalue weighted by Gasteiger charge is -2.42. The first-order valence-electron chi connectivity index (χ1n) is 6.47. The summed E-state index contributed by atoms with van der Waals surface area (Å²) in [6.07, 6.45) is -0.796. The van der Waals surface area contributed by atoms with Crippen LogP contribution in [0.15, 0.2) is 0 Å². The van der Waals surface area contributed by atoms with Crippen molar-refractivity contribution in [3.63, 3.8) is 0 Å². The second-order valence-electron chi connectivity index (χ2n) is 5.38. The van der Waals surface area contributed by atoms with Crippen LogP contribution in [0.2, 0.25) is 0 Å². The van der Waals surface area contributed by atoms with Crippen molar-refractivity contribution in [1.82, 2.24) is 0 Å². The van der Waals surface area contributed by atoms with Crippen LogP contribution in [-0.4, -0.2) is 34.8 Å². The Morgan fingerprint density at radius 2 is 1.75 bits per heavy atom. The summed E-state index contributed by atoms with van der Waals surface area (Å²) in [5.41, 5.74) is -0.0373. The van der Waals surface area contributed by atoms with Crippen LogP contribution in [0.4, 0.5) is 0 Å². The van der Waals surface area contributed by atoms with Crippen LogP contribution in [0, 0.1) is 23.2 Å². The highest BCUT2D eigenvalue weighted by Crippen LogP contribution is 2.38. The van der Waals surface area contributed by atoms with Crippen LogP contribution in [0.3, 0.4) is 0 Å². The molecule has 116 valence electrons. The van der Waals surface area contributed by atoms with Gasteiger partial charge in [-0.2, -0.15) is 0 Å². The molecule has 1 rings (SSSR count). The van der Waals surface area contributed by atoms with E-state index in [1.165, 1.54) is 7.11 Å². The van der Waals surface area contributed by atoms with E-state index in [0.717, 1.165) is 0 Å². The molecule has 1 saturated heterocycles. The topological polar surface area (TPSA) is 59.4 Å². The van der Waals surface area contributed by atoms with Crippen LogP contribution in [0.1, 0.15) is 27.2 Å². The Morgan fingerprint density at radius 3 is 2.20 bits per heavy atom. The van der Waals surface area contributed by atoms with Crippen molar-refractivity contribution in [3.8, 4) is 0 Å². The first kappa shape index (κ1) is 18.0. The molecule has 2 unspecified atom stereocenters. The maximum absolute atomic E-state index is 11.8. The highest BCUT2D eigenvalue weighted by Gasteiger charge is 2.44. The van der Waals surface area contributed by atoms with Crippen molar-refractivity contribution >= 4 is 46.5 Å². The number of rotatable bonds is 3. The number of alkyl halides is 3. The van der Waals surface area contributed by atoms with Gasteiger partial charge in [-0.1, -0.05) is 55.6 Å². The molecule has 1 N–H and O–H groups in total. The summed E-state index contributed by atoms with van der Waals surface area (Å²) in [6, 6.07) is 0.